The fourth-order valence-electron chi connectivity index (χ4n) is 3.88. The number of piperidine rings is 1. The van der Waals surface area contributed by atoms with Gasteiger partial charge in [0.15, 0.2) is 17.5 Å². The SMILES string of the molecule is CCOc1cc(CCCNC(=NC)NC2CCN(C3CC3)CC2)ccc1OC. The van der Waals surface area contributed by atoms with Gasteiger partial charge >= 0.3 is 0 Å². The van der Waals surface area contributed by atoms with Crippen LogP contribution in [-0.2, 0) is 6.42 Å². The van der Waals surface area contributed by atoms with Crippen molar-refractivity contribution in [1.82, 2.24) is 15.5 Å². The molecule has 6 heteroatoms. The summed E-state index contributed by atoms with van der Waals surface area (Å²) in [6.45, 7) is 5.97. The van der Waals surface area contributed by atoms with Gasteiger partial charge in [-0.2, -0.15) is 0 Å². The lowest BCUT2D eigenvalue weighted by molar-refractivity contribution is 0.197. The molecule has 2 N–H and O–H groups in total. The molecule has 156 valence electrons. The van der Waals surface area contributed by atoms with Crippen molar-refractivity contribution in [2.24, 2.45) is 4.99 Å². The van der Waals surface area contributed by atoms with Crippen molar-refractivity contribution in [3.05, 3.63) is 23.8 Å². The summed E-state index contributed by atoms with van der Waals surface area (Å²) >= 11 is 0. The highest BCUT2D eigenvalue weighted by atomic mass is 16.5. The van der Waals surface area contributed by atoms with Crippen molar-refractivity contribution in [1.29, 1.82) is 0 Å². The summed E-state index contributed by atoms with van der Waals surface area (Å²) in [6.07, 6.45) is 7.27. The molecule has 1 aliphatic carbocycles. The van der Waals surface area contributed by atoms with Gasteiger partial charge in [-0.3, -0.25) is 4.99 Å². The van der Waals surface area contributed by atoms with Crippen molar-refractivity contribution < 1.29 is 9.47 Å². The summed E-state index contributed by atoms with van der Waals surface area (Å²) in [7, 11) is 3.53. The molecular formula is C22H36N4O2. The Hall–Kier alpha value is -1.95. The maximum atomic E-state index is 5.67. The van der Waals surface area contributed by atoms with E-state index in [0.717, 1.165) is 42.9 Å². The number of nitrogens with zero attached hydrogens (tertiary/aromatic N) is 2. The highest BCUT2D eigenvalue weighted by Gasteiger charge is 2.31. The number of likely N-dealkylation sites (tertiary alicyclic amines) is 1. The molecule has 0 spiro atoms. The first kappa shape index (κ1) is 20.8. The summed E-state index contributed by atoms with van der Waals surface area (Å²) < 4.78 is 11.0. The molecule has 1 saturated heterocycles. The van der Waals surface area contributed by atoms with E-state index in [4.69, 9.17) is 9.47 Å². The predicted octanol–water partition coefficient (Wildman–Crippen LogP) is 2.82. The number of ether oxygens (including phenoxy) is 2. The normalized spacial score (nSPS) is 18.8. The summed E-state index contributed by atoms with van der Waals surface area (Å²) in [5.74, 6) is 2.54. The fourth-order valence-corrected chi connectivity index (χ4v) is 3.88. The van der Waals surface area contributed by atoms with Crippen molar-refractivity contribution in [3.63, 3.8) is 0 Å². The minimum atomic E-state index is 0.538. The standard InChI is InChI=1S/C22H36N4O2/c1-4-28-21-16-17(7-10-20(21)27-3)6-5-13-24-22(23-2)25-18-11-14-26(15-12-18)19-8-9-19/h7,10,16,18-19H,4-6,8-9,11-15H2,1-3H3,(H2,23,24,25). The lowest BCUT2D eigenvalue weighted by atomic mass is 10.1. The molecule has 0 bridgehead atoms. The van der Waals surface area contributed by atoms with Crippen molar-refractivity contribution in [2.75, 3.05) is 40.4 Å². The van der Waals surface area contributed by atoms with Gasteiger partial charge in [-0.15, -0.1) is 0 Å². The zero-order valence-corrected chi connectivity index (χ0v) is 17.7. The molecular weight excluding hydrogens is 352 g/mol. The van der Waals surface area contributed by atoms with Crippen LogP contribution in [0.15, 0.2) is 23.2 Å². The van der Waals surface area contributed by atoms with Crippen LogP contribution in [0.2, 0.25) is 0 Å². The quantitative estimate of drug-likeness (QED) is 0.387. The molecule has 1 aromatic carbocycles. The summed E-state index contributed by atoms with van der Waals surface area (Å²) in [6, 6.07) is 7.61. The van der Waals surface area contributed by atoms with Gasteiger partial charge in [0, 0.05) is 38.8 Å². The molecule has 28 heavy (non-hydrogen) atoms. The van der Waals surface area contributed by atoms with Gasteiger partial charge in [-0.05, 0) is 63.1 Å². The van der Waals surface area contributed by atoms with Crippen LogP contribution in [0.1, 0.15) is 44.6 Å². The Labute approximate surface area is 169 Å². The molecule has 2 fully saturated rings. The van der Waals surface area contributed by atoms with E-state index < -0.39 is 0 Å². The van der Waals surface area contributed by atoms with E-state index in [1.54, 1.807) is 7.11 Å². The van der Waals surface area contributed by atoms with Gasteiger partial charge in [0.05, 0.1) is 13.7 Å². The second-order valence-corrected chi connectivity index (χ2v) is 7.71. The van der Waals surface area contributed by atoms with Crippen LogP contribution in [0, 0.1) is 0 Å². The second kappa shape index (κ2) is 10.6. The number of hydrogen-bond donors (Lipinski definition) is 2. The molecule has 6 nitrogen and oxygen atoms in total. The Morgan fingerprint density at radius 1 is 1.18 bits per heavy atom. The molecule has 0 aromatic heterocycles. The second-order valence-electron chi connectivity index (χ2n) is 7.71. The molecule has 1 saturated carbocycles. The van der Waals surface area contributed by atoms with E-state index in [-0.39, 0.29) is 0 Å². The average Bonchev–Trinajstić information content (AvgIpc) is 3.56. The molecule has 0 amide bonds. The van der Waals surface area contributed by atoms with Gasteiger partial charge < -0.3 is 25.0 Å². The minimum Gasteiger partial charge on any atom is -0.493 e. The van der Waals surface area contributed by atoms with Crippen LogP contribution in [-0.4, -0.2) is 63.3 Å². The summed E-state index contributed by atoms with van der Waals surface area (Å²) in [5.41, 5.74) is 1.27. The van der Waals surface area contributed by atoms with Crippen molar-refractivity contribution in [2.45, 2.75) is 57.5 Å². The number of aryl methyl sites for hydroxylation is 1. The first-order valence-corrected chi connectivity index (χ1v) is 10.7. The third kappa shape index (κ3) is 6.03. The highest BCUT2D eigenvalue weighted by molar-refractivity contribution is 5.79. The Kier molecular flexibility index (Phi) is 7.83. The minimum absolute atomic E-state index is 0.538. The predicted molar refractivity (Wildman–Crippen MR) is 115 cm³/mol. The average molecular weight is 389 g/mol. The number of guanidine groups is 1. The van der Waals surface area contributed by atoms with E-state index in [1.807, 2.05) is 20.0 Å². The zero-order valence-electron chi connectivity index (χ0n) is 17.7. The number of benzene rings is 1. The topological polar surface area (TPSA) is 58.1 Å². The van der Waals surface area contributed by atoms with Crippen molar-refractivity contribution >= 4 is 5.96 Å². The van der Waals surface area contributed by atoms with Gasteiger partial charge in [-0.1, -0.05) is 6.07 Å². The van der Waals surface area contributed by atoms with Crippen LogP contribution < -0.4 is 20.1 Å². The Morgan fingerprint density at radius 3 is 2.61 bits per heavy atom. The maximum Gasteiger partial charge on any atom is 0.191 e. The maximum absolute atomic E-state index is 5.67. The largest absolute Gasteiger partial charge is 0.493 e. The number of hydrogen-bond acceptors (Lipinski definition) is 4. The van der Waals surface area contributed by atoms with E-state index in [2.05, 4.69) is 32.7 Å². The van der Waals surface area contributed by atoms with E-state index in [0.29, 0.717) is 12.6 Å². The molecule has 2 aliphatic rings. The number of aliphatic imine (C=N–C) groups is 1. The fraction of sp³-hybridized carbons (Fsp3) is 0.682. The smallest absolute Gasteiger partial charge is 0.191 e. The molecule has 1 aromatic rings. The first-order chi connectivity index (χ1) is 13.7. The Balaban J connectivity index is 1.37. The number of rotatable bonds is 9. The lowest BCUT2D eigenvalue weighted by Crippen LogP contribution is -2.49. The van der Waals surface area contributed by atoms with Gasteiger partial charge in [0.25, 0.3) is 0 Å². The molecule has 0 unspecified atom stereocenters. The summed E-state index contributed by atoms with van der Waals surface area (Å²) in [5, 5.41) is 7.07. The van der Waals surface area contributed by atoms with Crippen LogP contribution in [0.3, 0.4) is 0 Å². The lowest BCUT2D eigenvalue weighted by Gasteiger charge is -2.33. The van der Waals surface area contributed by atoms with E-state index in [1.165, 1.54) is 44.3 Å². The molecule has 1 heterocycles. The van der Waals surface area contributed by atoms with Crippen LogP contribution in [0.5, 0.6) is 11.5 Å². The van der Waals surface area contributed by atoms with Gasteiger partial charge in [-0.25, -0.2) is 0 Å². The number of nitrogens with one attached hydrogen (secondary N) is 2. The van der Waals surface area contributed by atoms with E-state index in [9.17, 15) is 0 Å². The Bertz CT molecular complexity index is 637. The van der Waals surface area contributed by atoms with Crippen LogP contribution in [0.4, 0.5) is 0 Å². The first-order valence-electron chi connectivity index (χ1n) is 10.7. The molecule has 3 rings (SSSR count). The van der Waals surface area contributed by atoms with Gasteiger partial charge in [0.2, 0.25) is 0 Å². The third-order valence-corrected chi connectivity index (χ3v) is 5.62. The highest BCUT2D eigenvalue weighted by Crippen LogP contribution is 2.29. The van der Waals surface area contributed by atoms with Crippen LogP contribution >= 0.6 is 0 Å². The monoisotopic (exact) mass is 388 g/mol. The summed E-state index contributed by atoms with van der Waals surface area (Å²) in [4.78, 5) is 7.05. The Morgan fingerprint density at radius 2 is 1.96 bits per heavy atom. The van der Waals surface area contributed by atoms with Crippen molar-refractivity contribution in [3.8, 4) is 11.5 Å². The molecule has 0 atom stereocenters. The van der Waals surface area contributed by atoms with Gasteiger partial charge in [0.1, 0.15) is 0 Å². The molecule has 0 radical (unpaired) electrons. The van der Waals surface area contributed by atoms with Crippen LogP contribution in [0.25, 0.3) is 0 Å². The molecule has 1 aliphatic heterocycles. The number of methoxy groups -OCH3 is 1. The third-order valence-electron chi connectivity index (χ3n) is 5.62. The zero-order chi connectivity index (χ0) is 19.8. The van der Waals surface area contributed by atoms with E-state index >= 15 is 0 Å².